The van der Waals surface area contributed by atoms with E-state index in [9.17, 15) is 0 Å². The number of fused-ring (bicyclic) bond motifs is 1. The number of hydrogen-bond acceptors (Lipinski definition) is 5. The Morgan fingerprint density at radius 3 is 2.74 bits per heavy atom. The van der Waals surface area contributed by atoms with Crippen molar-refractivity contribution in [2.45, 2.75) is 30.8 Å². The molecule has 0 radical (unpaired) electrons. The van der Waals surface area contributed by atoms with Crippen molar-refractivity contribution in [2.24, 2.45) is 0 Å². The monoisotopic (exact) mass is 323 g/mol. The minimum Gasteiger partial charge on any atom is -0.230 e. The van der Waals surface area contributed by atoms with Gasteiger partial charge in [0.1, 0.15) is 11.0 Å². The van der Waals surface area contributed by atoms with Crippen molar-refractivity contribution in [3.05, 3.63) is 53.9 Å². The zero-order valence-corrected chi connectivity index (χ0v) is 14.1. The van der Waals surface area contributed by atoms with Crippen molar-refractivity contribution in [3.8, 4) is 0 Å². The minimum atomic E-state index is 0.721. The van der Waals surface area contributed by atoms with E-state index in [1.165, 1.54) is 11.8 Å². The molecular formula is C17H17N5S. The van der Waals surface area contributed by atoms with Gasteiger partial charge in [0.15, 0.2) is 5.16 Å². The molecule has 0 aliphatic rings. The summed E-state index contributed by atoms with van der Waals surface area (Å²) >= 11 is 1.51. The van der Waals surface area contributed by atoms with Crippen LogP contribution in [0.15, 0.2) is 52.7 Å². The molecular weight excluding hydrogens is 306 g/mol. The first kappa shape index (κ1) is 15.4. The Bertz CT molecular complexity index is 910. The van der Waals surface area contributed by atoms with Gasteiger partial charge in [0.2, 0.25) is 0 Å². The van der Waals surface area contributed by atoms with Crippen LogP contribution in [0.25, 0.3) is 16.6 Å². The number of aryl methyl sites for hydroxylation is 1. The van der Waals surface area contributed by atoms with E-state index in [0.29, 0.717) is 0 Å². The van der Waals surface area contributed by atoms with Crippen LogP contribution in [0.4, 0.5) is 0 Å². The SMILES string of the molecule is C=C/C(C)=C(\C)c1cnc(Sc2ccc3n[nH]nc3c2)nc1C. The van der Waals surface area contributed by atoms with Crippen LogP contribution in [0, 0.1) is 6.92 Å². The first-order valence-electron chi connectivity index (χ1n) is 7.21. The van der Waals surface area contributed by atoms with Crippen LogP contribution in [-0.2, 0) is 0 Å². The van der Waals surface area contributed by atoms with Crippen LogP contribution in [0.5, 0.6) is 0 Å². The number of hydrogen-bond donors (Lipinski definition) is 1. The predicted octanol–water partition coefficient (Wildman–Crippen LogP) is 4.19. The molecule has 1 aromatic carbocycles. The van der Waals surface area contributed by atoms with E-state index < -0.39 is 0 Å². The van der Waals surface area contributed by atoms with Crippen LogP contribution in [0.2, 0.25) is 0 Å². The lowest BCUT2D eigenvalue weighted by Crippen LogP contribution is -1.96. The third-order valence-electron chi connectivity index (χ3n) is 3.76. The second kappa shape index (κ2) is 6.34. The Morgan fingerprint density at radius 2 is 2.00 bits per heavy atom. The summed E-state index contributed by atoms with van der Waals surface area (Å²) in [6.07, 6.45) is 3.73. The smallest absolute Gasteiger partial charge is 0.192 e. The number of allylic oxidation sites excluding steroid dienone is 3. The molecule has 2 aromatic heterocycles. The van der Waals surface area contributed by atoms with Crippen molar-refractivity contribution in [1.29, 1.82) is 0 Å². The summed E-state index contributed by atoms with van der Waals surface area (Å²) in [5, 5.41) is 11.5. The van der Waals surface area contributed by atoms with E-state index in [0.717, 1.165) is 43.5 Å². The van der Waals surface area contributed by atoms with Gasteiger partial charge in [-0.3, -0.25) is 0 Å². The van der Waals surface area contributed by atoms with Gasteiger partial charge in [-0.25, -0.2) is 9.97 Å². The summed E-state index contributed by atoms with van der Waals surface area (Å²) in [5.74, 6) is 0. The fraction of sp³-hybridized carbons (Fsp3) is 0.176. The first-order valence-corrected chi connectivity index (χ1v) is 8.02. The number of rotatable bonds is 4. The standard InChI is InChI=1S/C17H17N5S/c1-5-10(2)11(3)14-9-18-17(19-12(14)4)23-13-6-7-15-16(8-13)21-22-20-15/h5-9H,1H2,2-4H3,(H,20,21,22)/b11-10+. The van der Waals surface area contributed by atoms with Crippen LogP contribution >= 0.6 is 11.8 Å². The average molecular weight is 323 g/mol. The zero-order valence-electron chi connectivity index (χ0n) is 13.3. The number of aromatic nitrogens is 5. The lowest BCUT2D eigenvalue weighted by atomic mass is 10.0. The van der Waals surface area contributed by atoms with Crippen LogP contribution in [0.1, 0.15) is 25.1 Å². The van der Waals surface area contributed by atoms with E-state index in [1.54, 1.807) is 0 Å². The minimum absolute atomic E-state index is 0.721. The van der Waals surface area contributed by atoms with Gasteiger partial charge in [0, 0.05) is 22.3 Å². The largest absolute Gasteiger partial charge is 0.230 e. The lowest BCUT2D eigenvalue weighted by Gasteiger charge is -2.09. The molecule has 0 unspecified atom stereocenters. The highest BCUT2D eigenvalue weighted by Crippen LogP contribution is 2.28. The van der Waals surface area contributed by atoms with Gasteiger partial charge in [0.05, 0.1) is 0 Å². The molecule has 0 spiro atoms. The Labute approximate surface area is 138 Å². The van der Waals surface area contributed by atoms with Gasteiger partial charge >= 0.3 is 0 Å². The molecule has 6 heteroatoms. The van der Waals surface area contributed by atoms with E-state index >= 15 is 0 Å². The zero-order chi connectivity index (χ0) is 16.4. The molecule has 0 saturated carbocycles. The maximum atomic E-state index is 4.61. The second-order valence-electron chi connectivity index (χ2n) is 5.24. The highest BCUT2D eigenvalue weighted by atomic mass is 32.2. The summed E-state index contributed by atoms with van der Waals surface area (Å²) in [6, 6.07) is 5.90. The van der Waals surface area contributed by atoms with Crippen molar-refractivity contribution < 1.29 is 0 Å². The van der Waals surface area contributed by atoms with Crippen molar-refractivity contribution in [2.75, 3.05) is 0 Å². The molecule has 23 heavy (non-hydrogen) atoms. The summed E-state index contributed by atoms with van der Waals surface area (Å²) in [4.78, 5) is 10.1. The van der Waals surface area contributed by atoms with Gasteiger partial charge in [-0.15, -0.1) is 0 Å². The van der Waals surface area contributed by atoms with Crippen LogP contribution < -0.4 is 0 Å². The highest BCUT2D eigenvalue weighted by molar-refractivity contribution is 7.99. The average Bonchev–Trinajstić information content (AvgIpc) is 3.01. The van der Waals surface area contributed by atoms with Crippen LogP contribution in [-0.4, -0.2) is 25.4 Å². The molecule has 3 aromatic rings. The number of aromatic amines is 1. The molecule has 0 aliphatic carbocycles. The maximum Gasteiger partial charge on any atom is 0.192 e. The Hall–Kier alpha value is -2.47. The van der Waals surface area contributed by atoms with Gasteiger partial charge in [0.25, 0.3) is 0 Å². The van der Waals surface area contributed by atoms with E-state index in [4.69, 9.17) is 0 Å². The van der Waals surface area contributed by atoms with Gasteiger partial charge in [-0.1, -0.05) is 12.7 Å². The summed E-state index contributed by atoms with van der Waals surface area (Å²) in [6.45, 7) is 9.92. The molecule has 3 rings (SSSR count). The molecule has 0 aliphatic heterocycles. The van der Waals surface area contributed by atoms with Gasteiger partial charge in [-0.2, -0.15) is 15.4 Å². The summed E-state index contributed by atoms with van der Waals surface area (Å²) in [7, 11) is 0. The predicted molar refractivity (Wildman–Crippen MR) is 93.2 cm³/mol. The topological polar surface area (TPSA) is 67.3 Å². The Morgan fingerprint density at radius 1 is 1.22 bits per heavy atom. The molecule has 0 bridgehead atoms. The van der Waals surface area contributed by atoms with E-state index in [-0.39, 0.29) is 0 Å². The highest BCUT2D eigenvalue weighted by Gasteiger charge is 2.09. The number of H-pyrrole nitrogens is 1. The van der Waals surface area contributed by atoms with E-state index in [1.807, 2.05) is 44.3 Å². The van der Waals surface area contributed by atoms with Crippen molar-refractivity contribution >= 4 is 28.4 Å². The molecule has 0 amide bonds. The third-order valence-corrected chi connectivity index (χ3v) is 4.62. The van der Waals surface area contributed by atoms with Crippen molar-refractivity contribution in [3.63, 3.8) is 0 Å². The second-order valence-corrected chi connectivity index (χ2v) is 6.28. The Balaban J connectivity index is 1.89. The molecule has 0 saturated heterocycles. The van der Waals surface area contributed by atoms with Crippen molar-refractivity contribution in [1.82, 2.24) is 25.4 Å². The van der Waals surface area contributed by atoms with Crippen LogP contribution in [0.3, 0.4) is 0 Å². The quantitative estimate of drug-likeness (QED) is 0.576. The fourth-order valence-electron chi connectivity index (χ4n) is 2.22. The molecule has 5 nitrogen and oxygen atoms in total. The Kier molecular flexibility index (Phi) is 4.25. The number of benzene rings is 1. The lowest BCUT2D eigenvalue weighted by molar-refractivity contribution is 0.923. The fourth-order valence-corrected chi connectivity index (χ4v) is 3.02. The third kappa shape index (κ3) is 3.17. The summed E-state index contributed by atoms with van der Waals surface area (Å²) in [5.41, 5.74) is 5.99. The molecule has 0 fully saturated rings. The summed E-state index contributed by atoms with van der Waals surface area (Å²) < 4.78 is 0. The molecule has 1 N–H and O–H groups in total. The molecule has 116 valence electrons. The molecule has 0 atom stereocenters. The normalized spacial score (nSPS) is 12.3. The number of nitrogens with one attached hydrogen (secondary N) is 1. The van der Waals surface area contributed by atoms with Gasteiger partial charge < -0.3 is 0 Å². The van der Waals surface area contributed by atoms with Gasteiger partial charge in [-0.05, 0) is 61.9 Å². The first-order chi connectivity index (χ1) is 11.1. The number of nitrogens with zero attached hydrogens (tertiary/aromatic N) is 4. The maximum absolute atomic E-state index is 4.61. The van der Waals surface area contributed by atoms with E-state index in [2.05, 4.69) is 38.9 Å². The molecule has 2 heterocycles.